The van der Waals surface area contributed by atoms with Crippen LogP contribution >= 0.6 is 0 Å². The maximum Gasteiger partial charge on any atom is 0.407 e. The lowest BCUT2D eigenvalue weighted by molar-refractivity contribution is -0.148. The molecule has 2 N–H and O–H groups in total. The first-order chi connectivity index (χ1) is 17.2. The largest absolute Gasteiger partial charge is 0.444 e. The van der Waals surface area contributed by atoms with Gasteiger partial charge >= 0.3 is 6.09 Å². The molecule has 36 heavy (non-hydrogen) atoms. The summed E-state index contributed by atoms with van der Waals surface area (Å²) in [5.41, 5.74) is 2.98. The molecule has 0 spiro atoms. The van der Waals surface area contributed by atoms with E-state index in [0.717, 1.165) is 43.3 Å². The molecule has 1 aromatic heterocycles. The lowest BCUT2D eigenvalue weighted by Gasteiger charge is -2.37. The van der Waals surface area contributed by atoms with Crippen molar-refractivity contribution in [3.05, 3.63) is 35.5 Å². The summed E-state index contributed by atoms with van der Waals surface area (Å²) >= 11 is 0. The van der Waals surface area contributed by atoms with E-state index in [1.54, 1.807) is 0 Å². The van der Waals surface area contributed by atoms with E-state index >= 15 is 0 Å². The highest BCUT2D eigenvalue weighted by molar-refractivity contribution is 5.89. The number of nitrogens with one attached hydrogen (secondary N) is 2. The lowest BCUT2D eigenvalue weighted by Crippen LogP contribution is -2.48. The van der Waals surface area contributed by atoms with Crippen LogP contribution in [-0.4, -0.2) is 64.0 Å². The quantitative estimate of drug-likeness (QED) is 0.675. The Hall–Kier alpha value is -3.03. The molecule has 0 radical (unpaired) electrons. The molecule has 2 fully saturated rings. The van der Waals surface area contributed by atoms with Crippen molar-refractivity contribution in [1.82, 2.24) is 20.1 Å². The van der Waals surface area contributed by atoms with Gasteiger partial charge in [0.1, 0.15) is 5.60 Å². The van der Waals surface area contributed by atoms with Gasteiger partial charge in [-0.2, -0.15) is 0 Å². The molecule has 1 saturated heterocycles. The van der Waals surface area contributed by atoms with Gasteiger partial charge in [-0.3, -0.25) is 9.59 Å². The van der Waals surface area contributed by atoms with Gasteiger partial charge in [-0.15, -0.1) is 0 Å². The number of aromatic nitrogens is 1. The number of rotatable bonds is 3. The number of benzene rings is 1. The van der Waals surface area contributed by atoms with Crippen LogP contribution < -0.4 is 5.32 Å². The molecular formula is C28H38N4O4. The topological polar surface area (TPSA) is 94.7 Å². The third-order valence-corrected chi connectivity index (χ3v) is 7.82. The molecule has 194 valence electrons. The second-order valence-electron chi connectivity index (χ2n) is 11.6. The van der Waals surface area contributed by atoms with E-state index in [-0.39, 0.29) is 29.7 Å². The van der Waals surface area contributed by atoms with Gasteiger partial charge in [0.05, 0.1) is 12.6 Å². The molecule has 0 bridgehead atoms. The standard InChI is InChI=1S/C28H38N4O4/c1-28(2,3)36-27(35)29-18-12-14-31(16-18)25(33)21-9-4-5-10-22(21)26(34)32-15-13-20-19-8-6-7-11-23(19)30-24(20)17-32/h6-8,11,18,21-22,30H,4-5,9-10,12-17H2,1-3H3,(H,29,35). The van der Waals surface area contributed by atoms with Crippen LogP contribution in [0.4, 0.5) is 4.79 Å². The van der Waals surface area contributed by atoms with Crippen LogP contribution in [0.3, 0.4) is 0 Å². The summed E-state index contributed by atoms with van der Waals surface area (Å²) in [6.45, 7) is 7.83. The number of likely N-dealkylation sites (tertiary alicyclic amines) is 1. The Balaban J connectivity index is 1.23. The van der Waals surface area contributed by atoms with E-state index in [2.05, 4.69) is 28.5 Å². The zero-order valence-corrected chi connectivity index (χ0v) is 21.6. The smallest absolute Gasteiger partial charge is 0.407 e. The molecule has 3 unspecified atom stereocenters. The predicted molar refractivity (Wildman–Crippen MR) is 137 cm³/mol. The first-order valence-electron chi connectivity index (χ1n) is 13.3. The second kappa shape index (κ2) is 9.79. The van der Waals surface area contributed by atoms with Crippen LogP contribution in [0, 0.1) is 11.8 Å². The Kier molecular flexibility index (Phi) is 6.70. The number of carbonyl (C=O) groups is 3. The summed E-state index contributed by atoms with van der Waals surface area (Å²) in [7, 11) is 0. The molecule has 2 aliphatic heterocycles. The SMILES string of the molecule is CC(C)(C)OC(=O)NC1CCN(C(=O)C2CCCCC2C(=O)N2CCc3c([nH]c4ccccc34)C2)C1. The average Bonchev–Trinajstić information content (AvgIpc) is 3.45. The average molecular weight is 495 g/mol. The number of fused-ring (bicyclic) bond motifs is 3. The third-order valence-electron chi connectivity index (χ3n) is 7.82. The second-order valence-corrected chi connectivity index (χ2v) is 11.6. The Morgan fingerprint density at radius 3 is 2.39 bits per heavy atom. The van der Waals surface area contributed by atoms with Crippen LogP contribution in [0.1, 0.15) is 64.1 Å². The Morgan fingerprint density at radius 1 is 0.972 bits per heavy atom. The van der Waals surface area contributed by atoms with Crippen molar-refractivity contribution >= 4 is 28.8 Å². The highest BCUT2D eigenvalue weighted by Gasteiger charge is 2.42. The van der Waals surface area contributed by atoms with Crippen molar-refractivity contribution in [2.24, 2.45) is 11.8 Å². The summed E-state index contributed by atoms with van der Waals surface area (Å²) in [5, 5.41) is 4.14. The Labute approximate surface area is 212 Å². The fourth-order valence-corrected chi connectivity index (χ4v) is 6.12. The normalized spacial score (nSPS) is 24.5. The van der Waals surface area contributed by atoms with Crippen LogP contribution in [0.5, 0.6) is 0 Å². The van der Waals surface area contributed by atoms with E-state index in [0.29, 0.717) is 32.6 Å². The third kappa shape index (κ3) is 5.08. The van der Waals surface area contributed by atoms with E-state index in [1.807, 2.05) is 36.6 Å². The fraction of sp³-hybridized carbons (Fsp3) is 0.607. The van der Waals surface area contributed by atoms with Gasteiger partial charge in [0.15, 0.2) is 0 Å². The number of carbonyl (C=O) groups excluding carboxylic acids is 3. The maximum atomic E-state index is 13.7. The van der Waals surface area contributed by atoms with Crippen LogP contribution in [0.15, 0.2) is 24.3 Å². The van der Waals surface area contributed by atoms with Gasteiger partial charge in [0.2, 0.25) is 11.8 Å². The molecule has 3 amide bonds. The van der Waals surface area contributed by atoms with Crippen molar-refractivity contribution in [2.45, 2.75) is 77.5 Å². The number of H-pyrrole nitrogens is 1. The molecule has 3 aliphatic rings. The van der Waals surface area contributed by atoms with E-state index < -0.39 is 11.7 Å². The zero-order chi connectivity index (χ0) is 25.4. The first-order valence-corrected chi connectivity index (χ1v) is 13.3. The Morgan fingerprint density at radius 2 is 1.67 bits per heavy atom. The van der Waals surface area contributed by atoms with Crippen molar-refractivity contribution in [2.75, 3.05) is 19.6 Å². The van der Waals surface area contributed by atoms with Crippen LogP contribution in [-0.2, 0) is 27.3 Å². The lowest BCUT2D eigenvalue weighted by atomic mass is 9.77. The van der Waals surface area contributed by atoms with Crippen LogP contribution in [0.2, 0.25) is 0 Å². The Bertz CT molecular complexity index is 1150. The fourth-order valence-electron chi connectivity index (χ4n) is 6.12. The van der Waals surface area contributed by atoms with Crippen molar-refractivity contribution in [3.63, 3.8) is 0 Å². The molecule has 8 heteroatoms. The molecule has 5 rings (SSSR count). The first kappa shape index (κ1) is 24.7. The van der Waals surface area contributed by atoms with Crippen molar-refractivity contribution < 1.29 is 19.1 Å². The van der Waals surface area contributed by atoms with Crippen LogP contribution in [0.25, 0.3) is 10.9 Å². The molecule has 3 atom stereocenters. The molecule has 2 aromatic rings. The molecule has 8 nitrogen and oxygen atoms in total. The molecule has 1 aliphatic carbocycles. The number of alkyl carbamates (subject to hydrolysis) is 1. The summed E-state index contributed by atoms with van der Waals surface area (Å²) in [4.78, 5) is 46.8. The number of hydrogen-bond donors (Lipinski definition) is 2. The van der Waals surface area contributed by atoms with Crippen molar-refractivity contribution in [1.29, 1.82) is 0 Å². The molecule has 1 saturated carbocycles. The van der Waals surface area contributed by atoms with Gasteiger partial charge in [-0.25, -0.2) is 4.79 Å². The van der Waals surface area contributed by atoms with E-state index in [1.165, 1.54) is 10.9 Å². The summed E-state index contributed by atoms with van der Waals surface area (Å²) < 4.78 is 5.37. The maximum absolute atomic E-state index is 13.7. The number of nitrogens with zero attached hydrogens (tertiary/aromatic N) is 2. The molecule has 3 heterocycles. The summed E-state index contributed by atoms with van der Waals surface area (Å²) in [6, 6.07) is 8.18. The number of hydrogen-bond acceptors (Lipinski definition) is 4. The highest BCUT2D eigenvalue weighted by atomic mass is 16.6. The number of para-hydroxylation sites is 1. The summed E-state index contributed by atoms with van der Waals surface area (Å²) in [5.74, 6) is -0.379. The number of aromatic amines is 1. The highest BCUT2D eigenvalue weighted by Crippen LogP contribution is 2.35. The minimum absolute atomic E-state index is 0.0600. The number of amides is 3. The zero-order valence-electron chi connectivity index (χ0n) is 21.6. The molecular weight excluding hydrogens is 456 g/mol. The van der Waals surface area contributed by atoms with Gasteiger partial charge in [0.25, 0.3) is 0 Å². The predicted octanol–water partition coefficient (Wildman–Crippen LogP) is 3.98. The van der Waals surface area contributed by atoms with Crippen molar-refractivity contribution in [3.8, 4) is 0 Å². The van der Waals surface area contributed by atoms with Gasteiger partial charge in [0, 0.05) is 48.1 Å². The number of ether oxygens (including phenoxy) is 1. The minimum Gasteiger partial charge on any atom is -0.444 e. The van der Waals surface area contributed by atoms with Gasteiger partial charge in [-0.05, 0) is 58.1 Å². The van der Waals surface area contributed by atoms with E-state index in [4.69, 9.17) is 4.74 Å². The van der Waals surface area contributed by atoms with E-state index in [9.17, 15) is 14.4 Å². The monoisotopic (exact) mass is 494 g/mol. The van der Waals surface area contributed by atoms with Gasteiger partial charge in [-0.1, -0.05) is 31.0 Å². The minimum atomic E-state index is -0.560. The van der Waals surface area contributed by atoms with Gasteiger partial charge < -0.3 is 24.8 Å². The summed E-state index contributed by atoms with van der Waals surface area (Å²) in [6.07, 6.45) is 4.55. The molecule has 1 aromatic carbocycles.